The van der Waals surface area contributed by atoms with Crippen LogP contribution in [0.3, 0.4) is 0 Å². The number of fused-ring (bicyclic) bond motifs is 1. The molecule has 1 amide bonds. The molecule has 10 heteroatoms. The third kappa shape index (κ3) is 5.20. The molecule has 0 spiro atoms. The molecule has 2 N–H and O–H groups in total. The zero-order valence-corrected chi connectivity index (χ0v) is 22.0. The number of ether oxygens (including phenoxy) is 2. The maximum absolute atomic E-state index is 13.0. The topological polar surface area (TPSA) is 92.4 Å². The van der Waals surface area contributed by atoms with Crippen molar-refractivity contribution in [3.05, 3.63) is 81.7 Å². The van der Waals surface area contributed by atoms with Gasteiger partial charge in [0.1, 0.15) is 11.4 Å². The van der Waals surface area contributed by atoms with E-state index in [0.29, 0.717) is 66.8 Å². The Hall–Kier alpha value is -3.59. The minimum absolute atomic E-state index is 0.206. The lowest BCUT2D eigenvalue weighted by molar-refractivity contribution is 0.0946. The monoisotopic (exact) mass is 549 g/mol. The van der Waals surface area contributed by atoms with Crippen molar-refractivity contribution in [2.75, 3.05) is 37.8 Å². The summed E-state index contributed by atoms with van der Waals surface area (Å²) in [6.45, 7) is 3.78. The fourth-order valence-corrected chi connectivity index (χ4v) is 5.24. The number of rotatable bonds is 6. The zero-order valence-electron chi connectivity index (χ0n) is 20.5. The third-order valence-electron chi connectivity index (χ3n) is 6.65. The van der Waals surface area contributed by atoms with Crippen LogP contribution in [-0.4, -0.2) is 53.8 Å². The normalized spacial score (nSPS) is 14.7. The quantitative estimate of drug-likeness (QED) is 0.345. The van der Waals surface area contributed by atoms with Crippen LogP contribution in [0.15, 0.2) is 54.9 Å². The number of benzene rings is 2. The third-order valence-corrected chi connectivity index (χ3v) is 7.09. The van der Waals surface area contributed by atoms with Crippen LogP contribution in [0.4, 0.5) is 5.95 Å². The Kier molecular flexibility index (Phi) is 6.93. The lowest BCUT2D eigenvalue weighted by atomic mass is 10.0. The van der Waals surface area contributed by atoms with E-state index in [1.165, 1.54) is 5.56 Å². The van der Waals surface area contributed by atoms with Gasteiger partial charge in [-0.1, -0.05) is 35.3 Å². The highest BCUT2D eigenvalue weighted by Crippen LogP contribution is 2.35. The van der Waals surface area contributed by atoms with Gasteiger partial charge in [-0.2, -0.15) is 0 Å². The highest BCUT2D eigenvalue weighted by Gasteiger charge is 2.20. The Morgan fingerprint density at radius 3 is 2.66 bits per heavy atom. The minimum atomic E-state index is -0.206. The zero-order chi connectivity index (χ0) is 26.1. The average Bonchev–Trinajstić information content (AvgIpc) is 3.61. The van der Waals surface area contributed by atoms with Crippen LogP contribution < -0.4 is 15.0 Å². The number of amides is 1. The molecule has 4 aromatic rings. The molecule has 4 heterocycles. The maximum atomic E-state index is 13.0. The molecule has 0 radical (unpaired) electrons. The minimum Gasteiger partial charge on any atom is -0.493 e. The number of hydrogen-bond acceptors (Lipinski definition) is 6. The molecule has 0 bridgehead atoms. The van der Waals surface area contributed by atoms with Gasteiger partial charge in [-0.3, -0.25) is 4.79 Å². The first-order chi connectivity index (χ1) is 18.5. The highest BCUT2D eigenvalue weighted by molar-refractivity contribution is 6.35. The summed E-state index contributed by atoms with van der Waals surface area (Å²) in [4.78, 5) is 27.7. The number of carbonyl (C=O) groups excluding carboxylic acids is 1. The first-order valence-corrected chi connectivity index (χ1v) is 13.2. The fraction of sp³-hybridized carbons (Fsp3) is 0.250. The summed E-state index contributed by atoms with van der Waals surface area (Å²) >= 11 is 12.6. The van der Waals surface area contributed by atoms with Crippen molar-refractivity contribution in [3.63, 3.8) is 0 Å². The number of carbonyl (C=O) groups is 1. The molecule has 0 saturated carbocycles. The van der Waals surface area contributed by atoms with Gasteiger partial charge in [-0.05, 0) is 47.0 Å². The number of H-pyrrole nitrogens is 1. The van der Waals surface area contributed by atoms with Gasteiger partial charge in [0.25, 0.3) is 5.91 Å². The van der Waals surface area contributed by atoms with Crippen LogP contribution in [0.5, 0.6) is 5.75 Å². The molecular weight excluding hydrogens is 525 g/mol. The van der Waals surface area contributed by atoms with Crippen LogP contribution in [0.2, 0.25) is 10.0 Å². The summed E-state index contributed by atoms with van der Waals surface area (Å²) in [6, 6.07) is 13.1. The van der Waals surface area contributed by atoms with E-state index in [4.69, 9.17) is 37.7 Å². The first-order valence-electron chi connectivity index (χ1n) is 12.4. The molecule has 194 valence electrons. The van der Waals surface area contributed by atoms with Crippen molar-refractivity contribution in [1.82, 2.24) is 20.3 Å². The summed E-state index contributed by atoms with van der Waals surface area (Å²) in [5.74, 6) is 1.32. The Morgan fingerprint density at radius 1 is 1.03 bits per heavy atom. The molecule has 2 aliphatic heterocycles. The molecule has 1 saturated heterocycles. The smallest absolute Gasteiger partial charge is 0.267 e. The van der Waals surface area contributed by atoms with Crippen LogP contribution >= 0.6 is 23.2 Å². The van der Waals surface area contributed by atoms with Crippen molar-refractivity contribution in [2.24, 2.45) is 0 Å². The van der Waals surface area contributed by atoms with Crippen molar-refractivity contribution in [1.29, 1.82) is 0 Å². The van der Waals surface area contributed by atoms with Gasteiger partial charge in [0.2, 0.25) is 5.95 Å². The van der Waals surface area contributed by atoms with Crippen molar-refractivity contribution in [3.8, 4) is 28.1 Å². The summed E-state index contributed by atoms with van der Waals surface area (Å²) in [6.07, 6.45) is 4.45. The number of nitrogens with one attached hydrogen (secondary N) is 2. The number of hydrogen-bond donors (Lipinski definition) is 2. The van der Waals surface area contributed by atoms with Gasteiger partial charge in [0, 0.05) is 59.6 Å². The number of morpholine rings is 1. The molecule has 38 heavy (non-hydrogen) atoms. The fourth-order valence-electron chi connectivity index (χ4n) is 4.72. The average molecular weight is 550 g/mol. The van der Waals surface area contributed by atoms with Crippen LogP contribution in [0.25, 0.3) is 22.4 Å². The molecule has 2 aromatic carbocycles. The van der Waals surface area contributed by atoms with Gasteiger partial charge >= 0.3 is 0 Å². The Balaban J connectivity index is 1.28. The number of aromatic amines is 1. The highest BCUT2D eigenvalue weighted by atomic mass is 35.5. The number of nitrogens with zero attached hydrogens (tertiary/aromatic N) is 3. The molecule has 8 nitrogen and oxygen atoms in total. The number of aromatic nitrogens is 3. The van der Waals surface area contributed by atoms with E-state index in [2.05, 4.69) is 26.3 Å². The number of anilines is 1. The second kappa shape index (κ2) is 10.6. The van der Waals surface area contributed by atoms with Gasteiger partial charge in [0.05, 0.1) is 25.5 Å². The van der Waals surface area contributed by atoms with Crippen LogP contribution in [0.1, 0.15) is 21.6 Å². The van der Waals surface area contributed by atoms with E-state index in [0.717, 1.165) is 34.4 Å². The maximum Gasteiger partial charge on any atom is 0.267 e. The summed E-state index contributed by atoms with van der Waals surface area (Å²) < 4.78 is 11.0. The molecular formula is C28H25Cl2N5O3. The van der Waals surface area contributed by atoms with Crippen molar-refractivity contribution >= 4 is 35.1 Å². The molecule has 2 aliphatic rings. The van der Waals surface area contributed by atoms with Crippen molar-refractivity contribution in [2.45, 2.75) is 13.0 Å². The molecule has 6 rings (SSSR count). The van der Waals surface area contributed by atoms with Gasteiger partial charge in [0.15, 0.2) is 0 Å². The summed E-state index contributed by atoms with van der Waals surface area (Å²) in [7, 11) is 0. The molecule has 0 atom stereocenters. The van der Waals surface area contributed by atoms with E-state index in [9.17, 15) is 4.79 Å². The van der Waals surface area contributed by atoms with Gasteiger partial charge in [-0.25, -0.2) is 9.97 Å². The second-order valence-corrected chi connectivity index (χ2v) is 10.1. The lowest BCUT2D eigenvalue weighted by Crippen LogP contribution is -2.37. The summed E-state index contributed by atoms with van der Waals surface area (Å²) in [5, 5.41) is 4.03. The van der Waals surface area contributed by atoms with E-state index < -0.39 is 0 Å². The largest absolute Gasteiger partial charge is 0.493 e. The van der Waals surface area contributed by atoms with E-state index >= 15 is 0 Å². The molecule has 0 unspecified atom stereocenters. The predicted molar refractivity (Wildman–Crippen MR) is 147 cm³/mol. The molecule has 0 aliphatic carbocycles. The van der Waals surface area contributed by atoms with E-state index in [1.54, 1.807) is 24.5 Å². The number of halogens is 2. The molecule has 1 fully saturated rings. The SMILES string of the molecule is O=C(NCc1ccc2c(c1)CCO2)c1cc(-c2nc(N3CCOCC3)ncc2-c2cc(Cl)cc(Cl)c2)c[nH]1. The Bertz CT molecular complexity index is 1480. The first kappa shape index (κ1) is 24.7. The standard InChI is InChI=1S/C28H25Cl2N5O3/c29-21-10-19(11-22(30)13-21)23-16-33-28(35-4-7-37-8-5-35)34-26(23)20-12-24(31-15-20)27(36)32-14-17-1-2-25-18(9-17)3-6-38-25/h1-2,9-13,15-16,31H,3-8,14H2,(H,32,36). The molecule has 2 aromatic heterocycles. The lowest BCUT2D eigenvalue weighted by Gasteiger charge is -2.27. The van der Waals surface area contributed by atoms with Gasteiger partial charge in [-0.15, -0.1) is 0 Å². The second-order valence-electron chi connectivity index (χ2n) is 9.22. The van der Waals surface area contributed by atoms with Gasteiger partial charge < -0.3 is 24.7 Å². The van der Waals surface area contributed by atoms with Crippen LogP contribution in [-0.2, 0) is 17.7 Å². The van der Waals surface area contributed by atoms with Crippen LogP contribution in [0, 0.1) is 0 Å². The Labute approximate surface area is 229 Å². The van der Waals surface area contributed by atoms with E-state index in [-0.39, 0.29) is 5.91 Å². The van der Waals surface area contributed by atoms with Crippen molar-refractivity contribution < 1.29 is 14.3 Å². The summed E-state index contributed by atoms with van der Waals surface area (Å²) in [5.41, 5.74) is 5.62. The predicted octanol–water partition coefficient (Wildman–Crippen LogP) is 5.15. The Morgan fingerprint density at radius 2 is 1.84 bits per heavy atom. The van der Waals surface area contributed by atoms with E-state index in [1.807, 2.05) is 24.3 Å².